The van der Waals surface area contributed by atoms with E-state index in [1.165, 1.54) is 0 Å². The van der Waals surface area contributed by atoms with Crippen LogP contribution in [0.1, 0.15) is 5.56 Å². The molecule has 2 heterocycles. The average molecular weight is 245 g/mol. The first-order valence-corrected chi connectivity index (χ1v) is 5.81. The van der Waals surface area contributed by atoms with Gasteiger partial charge in [0.25, 0.3) is 0 Å². The zero-order valence-corrected chi connectivity index (χ0v) is 10.2. The van der Waals surface area contributed by atoms with Crippen molar-refractivity contribution >= 4 is 11.6 Å². The van der Waals surface area contributed by atoms with Crippen LogP contribution in [-0.2, 0) is 4.79 Å². The third-order valence-electron chi connectivity index (χ3n) is 3.02. The Morgan fingerprint density at radius 1 is 1.72 bits per heavy atom. The predicted molar refractivity (Wildman–Crippen MR) is 67.0 cm³/mol. The Hall–Kier alpha value is -2.13. The Labute approximate surface area is 106 Å². The van der Waals surface area contributed by atoms with E-state index in [0.29, 0.717) is 18.7 Å². The van der Waals surface area contributed by atoms with Crippen LogP contribution in [0.25, 0.3) is 0 Å². The van der Waals surface area contributed by atoms with Gasteiger partial charge in [-0.3, -0.25) is 9.78 Å². The summed E-state index contributed by atoms with van der Waals surface area (Å²) in [5, 5.41) is 14.9. The smallest absolute Gasteiger partial charge is 0.243 e. The largest absolute Gasteiger partial charge is 0.357 e. The van der Waals surface area contributed by atoms with Crippen molar-refractivity contribution in [3.63, 3.8) is 0 Å². The zero-order chi connectivity index (χ0) is 13.0. The van der Waals surface area contributed by atoms with Gasteiger partial charge in [0.15, 0.2) is 0 Å². The molecule has 18 heavy (non-hydrogen) atoms. The van der Waals surface area contributed by atoms with Gasteiger partial charge < -0.3 is 15.5 Å². The maximum atomic E-state index is 11.9. The quantitative estimate of drug-likeness (QED) is 0.732. The van der Waals surface area contributed by atoms with E-state index in [-0.39, 0.29) is 11.9 Å². The Morgan fingerprint density at radius 2 is 2.56 bits per heavy atom. The van der Waals surface area contributed by atoms with Crippen LogP contribution in [0.4, 0.5) is 5.69 Å². The molecule has 1 aromatic heterocycles. The summed E-state index contributed by atoms with van der Waals surface area (Å²) in [5.41, 5.74) is 1.26. The first-order chi connectivity index (χ1) is 8.77. The molecule has 2 N–H and O–H groups in total. The van der Waals surface area contributed by atoms with Gasteiger partial charge in [0.2, 0.25) is 5.91 Å². The average Bonchev–Trinajstić information content (AvgIpc) is 2.46. The number of carbonyl (C=O) groups is 1. The van der Waals surface area contributed by atoms with Crippen molar-refractivity contribution in [3.8, 4) is 6.07 Å². The molecule has 1 amide bonds. The highest BCUT2D eigenvalue weighted by molar-refractivity contribution is 5.86. The number of carbonyl (C=O) groups excluding carboxylic acids is 1. The monoisotopic (exact) mass is 245 g/mol. The molecule has 0 aliphatic carbocycles. The fourth-order valence-electron chi connectivity index (χ4n) is 2.10. The van der Waals surface area contributed by atoms with Gasteiger partial charge in [-0.05, 0) is 6.07 Å². The maximum absolute atomic E-state index is 11.9. The SMILES string of the molecule is CNC(=O)C1CNCCN1c1cnccc1C#N. The number of amides is 1. The van der Waals surface area contributed by atoms with Crippen molar-refractivity contribution in [1.29, 1.82) is 5.26 Å². The van der Waals surface area contributed by atoms with Crippen molar-refractivity contribution < 1.29 is 4.79 Å². The Morgan fingerprint density at radius 3 is 3.28 bits per heavy atom. The Kier molecular flexibility index (Phi) is 3.75. The van der Waals surface area contributed by atoms with Crippen LogP contribution in [-0.4, -0.2) is 43.6 Å². The first kappa shape index (κ1) is 12.3. The molecule has 6 nitrogen and oxygen atoms in total. The number of hydrogen-bond acceptors (Lipinski definition) is 5. The summed E-state index contributed by atoms with van der Waals surface area (Å²) < 4.78 is 0. The molecule has 1 aliphatic heterocycles. The summed E-state index contributed by atoms with van der Waals surface area (Å²) in [6.07, 6.45) is 3.22. The second-order valence-electron chi connectivity index (χ2n) is 4.03. The van der Waals surface area contributed by atoms with Gasteiger partial charge in [-0.25, -0.2) is 0 Å². The summed E-state index contributed by atoms with van der Waals surface area (Å²) >= 11 is 0. The summed E-state index contributed by atoms with van der Waals surface area (Å²) in [7, 11) is 1.61. The van der Waals surface area contributed by atoms with Crippen molar-refractivity contribution in [1.82, 2.24) is 15.6 Å². The number of aromatic nitrogens is 1. The minimum absolute atomic E-state index is 0.0602. The Balaban J connectivity index is 2.34. The number of nitrogens with zero attached hydrogens (tertiary/aromatic N) is 3. The molecule has 0 bridgehead atoms. The molecule has 6 heteroatoms. The number of anilines is 1. The molecule has 1 aliphatic rings. The summed E-state index contributed by atoms with van der Waals surface area (Å²) in [6.45, 7) is 2.03. The fraction of sp³-hybridized carbons (Fsp3) is 0.417. The van der Waals surface area contributed by atoms with E-state index in [2.05, 4.69) is 21.7 Å². The number of likely N-dealkylation sites (N-methyl/N-ethyl adjacent to an activating group) is 1. The number of hydrogen-bond donors (Lipinski definition) is 2. The summed E-state index contributed by atoms with van der Waals surface area (Å²) in [4.78, 5) is 17.8. The van der Waals surface area contributed by atoms with Crippen LogP contribution in [0.3, 0.4) is 0 Å². The van der Waals surface area contributed by atoms with Crippen LogP contribution in [0.5, 0.6) is 0 Å². The van der Waals surface area contributed by atoms with E-state index in [1.807, 2.05) is 4.90 Å². The lowest BCUT2D eigenvalue weighted by atomic mass is 10.1. The minimum atomic E-state index is -0.306. The molecule has 94 valence electrons. The molecule has 0 saturated carbocycles. The van der Waals surface area contributed by atoms with Crippen LogP contribution in [0, 0.1) is 11.3 Å². The highest BCUT2D eigenvalue weighted by Crippen LogP contribution is 2.21. The Bertz CT molecular complexity index is 482. The van der Waals surface area contributed by atoms with Gasteiger partial charge >= 0.3 is 0 Å². The van der Waals surface area contributed by atoms with E-state index >= 15 is 0 Å². The number of rotatable bonds is 2. The second kappa shape index (κ2) is 5.47. The molecule has 0 aromatic carbocycles. The molecule has 0 radical (unpaired) electrons. The normalized spacial score (nSPS) is 19.1. The lowest BCUT2D eigenvalue weighted by molar-refractivity contribution is -0.122. The van der Waals surface area contributed by atoms with Gasteiger partial charge in [-0.15, -0.1) is 0 Å². The van der Waals surface area contributed by atoms with Crippen LogP contribution in [0.2, 0.25) is 0 Å². The molecule has 1 saturated heterocycles. The van der Waals surface area contributed by atoms with E-state index in [0.717, 1.165) is 12.2 Å². The standard InChI is InChI=1S/C12H15N5O/c1-14-12(18)11-8-16-4-5-17(11)10-7-15-3-2-9(10)6-13/h2-3,7,11,16H,4-5,8H2,1H3,(H,14,18). The van der Waals surface area contributed by atoms with Crippen molar-refractivity contribution in [2.45, 2.75) is 6.04 Å². The number of piperazine rings is 1. The number of nitrogens with one attached hydrogen (secondary N) is 2. The predicted octanol–water partition coefficient (Wildman–Crippen LogP) is -0.523. The highest BCUT2D eigenvalue weighted by Gasteiger charge is 2.29. The van der Waals surface area contributed by atoms with Crippen LogP contribution in [0.15, 0.2) is 18.5 Å². The van der Waals surface area contributed by atoms with Gasteiger partial charge in [0.1, 0.15) is 12.1 Å². The van der Waals surface area contributed by atoms with E-state index in [1.54, 1.807) is 25.5 Å². The zero-order valence-electron chi connectivity index (χ0n) is 10.2. The van der Waals surface area contributed by atoms with Crippen LogP contribution >= 0.6 is 0 Å². The molecular formula is C12H15N5O. The van der Waals surface area contributed by atoms with E-state index < -0.39 is 0 Å². The minimum Gasteiger partial charge on any atom is -0.357 e. The molecular weight excluding hydrogens is 230 g/mol. The third-order valence-corrected chi connectivity index (χ3v) is 3.02. The third kappa shape index (κ3) is 2.26. The van der Waals surface area contributed by atoms with Gasteiger partial charge in [0.05, 0.1) is 17.4 Å². The highest BCUT2D eigenvalue weighted by atomic mass is 16.2. The second-order valence-corrected chi connectivity index (χ2v) is 4.03. The summed E-state index contributed by atoms with van der Waals surface area (Å²) in [6, 6.07) is 3.50. The number of nitriles is 1. The topological polar surface area (TPSA) is 81.1 Å². The lowest BCUT2D eigenvalue weighted by Gasteiger charge is -2.36. The van der Waals surface area contributed by atoms with Gasteiger partial charge in [0, 0.05) is 32.9 Å². The molecule has 1 unspecified atom stereocenters. The fourth-order valence-corrected chi connectivity index (χ4v) is 2.10. The van der Waals surface area contributed by atoms with E-state index in [9.17, 15) is 4.79 Å². The van der Waals surface area contributed by atoms with Crippen molar-refractivity contribution in [3.05, 3.63) is 24.0 Å². The molecule has 1 aromatic rings. The lowest BCUT2D eigenvalue weighted by Crippen LogP contribution is -2.57. The molecule has 0 spiro atoms. The summed E-state index contributed by atoms with van der Waals surface area (Å²) in [5.74, 6) is -0.0602. The van der Waals surface area contributed by atoms with Crippen molar-refractivity contribution in [2.24, 2.45) is 0 Å². The first-order valence-electron chi connectivity index (χ1n) is 5.81. The van der Waals surface area contributed by atoms with E-state index in [4.69, 9.17) is 5.26 Å². The maximum Gasteiger partial charge on any atom is 0.243 e. The molecule has 1 atom stereocenters. The van der Waals surface area contributed by atoms with Gasteiger partial charge in [-0.1, -0.05) is 0 Å². The van der Waals surface area contributed by atoms with Crippen molar-refractivity contribution in [2.75, 3.05) is 31.6 Å². The molecule has 1 fully saturated rings. The van der Waals surface area contributed by atoms with Crippen LogP contribution < -0.4 is 15.5 Å². The molecule has 2 rings (SSSR count). The number of pyridine rings is 1. The van der Waals surface area contributed by atoms with Gasteiger partial charge in [-0.2, -0.15) is 5.26 Å².